The molecule has 0 saturated carbocycles. The molecule has 170 valence electrons. The maximum Gasteiger partial charge on any atom is 0.198 e. The Balaban J connectivity index is 1.30. The maximum atomic E-state index is 4.81. The van der Waals surface area contributed by atoms with Gasteiger partial charge in [-0.2, -0.15) is 0 Å². The maximum absolute atomic E-state index is 4.81. The summed E-state index contributed by atoms with van der Waals surface area (Å²) in [5.41, 5.74) is 7.82. The van der Waals surface area contributed by atoms with E-state index in [2.05, 4.69) is 87.6 Å². The number of hydrogen-bond acceptors (Lipinski definition) is 4. The molecular weight excluding hydrogens is 420 g/mol. The van der Waals surface area contributed by atoms with Crippen LogP contribution in [0.15, 0.2) is 78.2 Å². The smallest absolute Gasteiger partial charge is 0.198 e. The highest BCUT2D eigenvalue weighted by molar-refractivity contribution is 5.93. The SMILES string of the molecule is CCc1ccc(-c2ncc(CN=C3NC(c4ccc5ncccc5c4)=CCN3C)cn2)cc1C. The molecule has 0 spiro atoms. The predicted molar refractivity (Wildman–Crippen MR) is 138 cm³/mol. The minimum absolute atomic E-state index is 0.510. The Bertz CT molecular complexity index is 1390. The topological polar surface area (TPSA) is 66.3 Å². The molecule has 2 aromatic heterocycles. The van der Waals surface area contributed by atoms with Crippen LogP contribution in [-0.2, 0) is 13.0 Å². The highest BCUT2D eigenvalue weighted by Gasteiger charge is 2.15. The summed E-state index contributed by atoms with van der Waals surface area (Å²) in [5, 5.41) is 4.61. The number of rotatable bonds is 5. The van der Waals surface area contributed by atoms with Crippen LogP contribution >= 0.6 is 0 Å². The Kier molecular flexibility index (Phi) is 6.04. The second-order valence-electron chi connectivity index (χ2n) is 8.58. The van der Waals surface area contributed by atoms with E-state index in [0.717, 1.165) is 58.0 Å². The van der Waals surface area contributed by atoms with E-state index in [0.29, 0.717) is 6.54 Å². The van der Waals surface area contributed by atoms with Crippen LogP contribution in [0.3, 0.4) is 0 Å². The largest absolute Gasteiger partial charge is 0.342 e. The summed E-state index contributed by atoms with van der Waals surface area (Å²) < 4.78 is 0. The van der Waals surface area contributed by atoms with Crippen LogP contribution < -0.4 is 5.32 Å². The van der Waals surface area contributed by atoms with E-state index in [1.807, 2.05) is 31.7 Å². The van der Waals surface area contributed by atoms with E-state index < -0.39 is 0 Å². The lowest BCUT2D eigenvalue weighted by Gasteiger charge is -2.27. The molecule has 6 nitrogen and oxygen atoms in total. The number of aliphatic imine (C=N–C) groups is 1. The zero-order valence-corrected chi connectivity index (χ0v) is 19.8. The van der Waals surface area contributed by atoms with Crippen molar-refractivity contribution in [3.63, 3.8) is 0 Å². The third-order valence-corrected chi connectivity index (χ3v) is 6.19. The summed E-state index contributed by atoms with van der Waals surface area (Å²) in [6.45, 7) is 5.61. The molecule has 2 aromatic carbocycles. The van der Waals surface area contributed by atoms with E-state index in [-0.39, 0.29) is 0 Å². The molecule has 0 radical (unpaired) electrons. The fourth-order valence-corrected chi connectivity index (χ4v) is 4.16. The van der Waals surface area contributed by atoms with Gasteiger partial charge in [0.05, 0.1) is 12.1 Å². The van der Waals surface area contributed by atoms with Crippen LogP contribution in [0.1, 0.15) is 29.2 Å². The number of nitrogens with zero attached hydrogens (tertiary/aromatic N) is 5. The van der Waals surface area contributed by atoms with Gasteiger partial charge in [0, 0.05) is 54.4 Å². The Morgan fingerprint density at radius 2 is 1.82 bits per heavy atom. The van der Waals surface area contributed by atoms with Crippen LogP contribution in [0, 0.1) is 6.92 Å². The van der Waals surface area contributed by atoms with Crippen LogP contribution in [0.25, 0.3) is 28.0 Å². The average molecular weight is 449 g/mol. The minimum atomic E-state index is 0.510. The van der Waals surface area contributed by atoms with E-state index in [1.54, 1.807) is 0 Å². The van der Waals surface area contributed by atoms with Gasteiger partial charge in [-0.05, 0) is 60.4 Å². The summed E-state index contributed by atoms with van der Waals surface area (Å²) in [6.07, 6.45) is 8.76. The predicted octanol–water partition coefficient (Wildman–Crippen LogP) is 4.99. The van der Waals surface area contributed by atoms with Gasteiger partial charge in [-0.25, -0.2) is 15.0 Å². The molecule has 0 unspecified atom stereocenters. The standard InChI is InChI=1S/C28H28N6/c1-4-21-7-8-24(14-19(21)2)27-30-16-20(17-31-27)18-32-28-33-26(11-13-34(28)3)23-9-10-25-22(15-23)6-5-12-29-25/h5-12,14-17H,4,13,18H2,1-3H3,(H,32,33). The summed E-state index contributed by atoms with van der Waals surface area (Å²) in [4.78, 5) is 20.5. The van der Waals surface area contributed by atoms with Gasteiger partial charge in [-0.3, -0.25) is 4.98 Å². The van der Waals surface area contributed by atoms with Crippen molar-refractivity contribution in [1.29, 1.82) is 0 Å². The quantitative estimate of drug-likeness (QED) is 0.466. The van der Waals surface area contributed by atoms with Crippen molar-refractivity contribution in [2.24, 2.45) is 4.99 Å². The molecule has 4 aromatic rings. The Morgan fingerprint density at radius 3 is 2.62 bits per heavy atom. The van der Waals surface area contributed by atoms with Crippen LogP contribution in [0.2, 0.25) is 0 Å². The molecule has 3 heterocycles. The molecular formula is C28H28N6. The van der Waals surface area contributed by atoms with Crippen molar-refractivity contribution in [2.45, 2.75) is 26.8 Å². The number of likely N-dealkylation sites (N-methyl/N-ethyl adjacent to an activating group) is 1. The Labute approximate surface area is 200 Å². The summed E-state index contributed by atoms with van der Waals surface area (Å²) in [7, 11) is 2.03. The van der Waals surface area contributed by atoms with Crippen molar-refractivity contribution >= 4 is 22.6 Å². The number of benzene rings is 2. The first-order valence-corrected chi connectivity index (χ1v) is 11.6. The number of nitrogens with one attached hydrogen (secondary N) is 1. The van der Waals surface area contributed by atoms with Gasteiger partial charge in [0.25, 0.3) is 0 Å². The van der Waals surface area contributed by atoms with Crippen LogP contribution in [0.4, 0.5) is 0 Å². The number of hydrogen-bond donors (Lipinski definition) is 1. The van der Waals surface area contributed by atoms with E-state index >= 15 is 0 Å². The molecule has 0 atom stereocenters. The van der Waals surface area contributed by atoms with Crippen molar-refractivity contribution in [1.82, 2.24) is 25.2 Å². The van der Waals surface area contributed by atoms with Gasteiger partial charge in [-0.15, -0.1) is 0 Å². The second kappa shape index (κ2) is 9.43. The van der Waals surface area contributed by atoms with Gasteiger partial charge < -0.3 is 10.2 Å². The monoisotopic (exact) mass is 448 g/mol. The highest BCUT2D eigenvalue weighted by atomic mass is 15.3. The van der Waals surface area contributed by atoms with Crippen molar-refractivity contribution in [3.8, 4) is 11.4 Å². The summed E-state index contributed by atoms with van der Waals surface area (Å²) >= 11 is 0. The zero-order chi connectivity index (χ0) is 23.5. The molecule has 0 amide bonds. The lowest BCUT2D eigenvalue weighted by molar-refractivity contribution is 0.533. The average Bonchev–Trinajstić information content (AvgIpc) is 2.88. The third kappa shape index (κ3) is 4.53. The molecule has 0 aliphatic carbocycles. The number of guanidine groups is 1. The number of aromatic nitrogens is 3. The summed E-state index contributed by atoms with van der Waals surface area (Å²) in [5.74, 6) is 1.57. The molecule has 1 aliphatic rings. The van der Waals surface area contributed by atoms with E-state index in [1.165, 1.54) is 11.1 Å². The molecule has 0 fully saturated rings. The van der Waals surface area contributed by atoms with Gasteiger partial charge in [0.1, 0.15) is 0 Å². The van der Waals surface area contributed by atoms with Crippen molar-refractivity contribution in [3.05, 3.63) is 95.5 Å². The first-order chi connectivity index (χ1) is 16.6. The number of fused-ring (bicyclic) bond motifs is 1. The fraction of sp³-hybridized carbons (Fsp3) is 0.214. The molecule has 0 bridgehead atoms. The van der Waals surface area contributed by atoms with Crippen LogP contribution in [-0.4, -0.2) is 39.4 Å². The van der Waals surface area contributed by atoms with Gasteiger partial charge in [0.15, 0.2) is 11.8 Å². The number of pyridine rings is 1. The second-order valence-corrected chi connectivity index (χ2v) is 8.58. The Morgan fingerprint density at radius 1 is 1.00 bits per heavy atom. The molecule has 34 heavy (non-hydrogen) atoms. The first kappa shape index (κ1) is 21.8. The fourth-order valence-electron chi connectivity index (χ4n) is 4.16. The van der Waals surface area contributed by atoms with Gasteiger partial charge in [-0.1, -0.05) is 31.2 Å². The van der Waals surface area contributed by atoms with Crippen LogP contribution in [0.5, 0.6) is 0 Å². The lowest BCUT2D eigenvalue weighted by Crippen LogP contribution is -2.41. The highest BCUT2D eigenvalue weighted by Crippen LogP contribution is 2.21. The van der Waals surface area contributed by atoms with E-state index in [9.17, 15) is 0 Å². The minimum Gasteiger partial charge on any atom is -0.342 e. The first-order valence-electron chi connectivity index (χ1n) is 11.6. The molecule has 5 rings (SSSR count). The molecule has 1 aliphatic heterocycles. The van der Waals surface area contributed by atoms with Gasteiger partial charge >= 0.3 is 0 Å². The van der Waals surface area contributed by atoms with Crippen molar-refractivity contribution in [2.75, 3.05) is 13.6 Å². The van der Waals surface area contributed by atoms with E-state index in [4.69, 9.17) is 4.99 Å². The zero-order valence-electron chi connectivity index (χ0n) is 19.8. The lowest BCUT2D eigenvalue weighted by atomic mass is 10.0. The normalized spacial score (nSPS) is 14.9. The summed E-state index contributed by atoms with van der Waals surface area (Å²) in [6, 6.07) is 16.8. The third-order valence-electron chi connectivity index (χ3n) is 6.19. The molecule has 0 saturated heterocycles. The Hall–Kier alpha value is -4.06. The number of aryl methyl sites for hydroxylation is 2. The van der Waals surface area contributed by atoms with Crippen molar-refractivity contribution < 1.29 is 0 Å². The molecule has 1 N–H and O–H groups in total. The molecule has 6 heteroatoms. The van der Waals surface area contributed by atoms with Gasteiger partial charge in [0.2, 0.25) is 0 Å².